The summed E-state index contributed by atoms with van der Waals surface area (Å²) >= 11 is 0. The molecule has 5 nitrogen and oxygen atoms in total. The van der Waals surface area contributed by atoms with Crippen molar-refractivity contribution in [3.8, 4) is 11.4 Å². The molecule has 4 aromatic rings. The van der Waals surface area contributed by atoms with Gasteiger partial charge in [0, 0.05) is 18.1 Å². The second kappa shape index (κ2) is 9.47. The predicted molar refractivity (Wildman–Crippen MR) is 116 cm³/mol. The molecular formula is C25H21N3O2. The minimum atomic E-state index is -0.440. The molecule has 1 amide bonds. The fourth-order valence-electron chi connectivity index (χ4n) is 3.09. The van der Waals surface area contributed by atoms with Crippen LogP contribution < -0.4 is 5.32 Å². The van der Waals surface area contributed by atoms with E-state index < -0.39 is 6.04 Å². The Bertz CT molecular complexity index is 1110. The predicted octanol–water partition coefficient (Wildman–Crippen LogP) is 4.85. The number of hydrogen-bond donors (Lipinski definition) is 1. The van der Waals surface area contributed by atoms with Gasteiger partial charge in [0.25, 0.3) is 0 Å². The van der Waals surface area contributed by atoms with Gasteiger partial charge < -0.3 is 9.84 Å². The molecule has 1 unspecified atom stereocenters. The van der Waals surface area contributed by atoms with Gasteiger partial charge in [-0.25, -0.2) is 0 Å². The molecule has 0 aliphatic rings. The molecule has 4 rings (SSSR count). The van der Waals surface area contributed by atoms with Crippen LogP contribution in [0.1, 0.15) is 23.1 Å². The Balaban J connectivity index is 1.54. The maximum absolute atomic E-state index is 12.6. The molecule has 0 radical (unpaired) electrons. The molecule has 148 valence electrons. The third-order valence-corrected chi connectivity index (χ3v) is 4.60. The van der Waals surface area contributed by atoms with Crippen molar-refractivity contribution in [1.82, 2.24) is 15.5 Å². The van der Waals surface area contributed by atoms with Crippen molar-refractivity contribution >= 4 is 12.0 Å². The quantitative estimate of drug-likeness (QED) is 0.454. The van der Waals surface area contributed by atoms with Crippen LogP contribution in [0.3, 0.4) is 0 Å². The van der Waals surface area contributed by atoms with Crippen molar-refractivity contribution < 1.29 is 9.32 Å². The molecule has 0 saturated carbocycles. The van der Waals surface area contributed by atoms with Crippen LogP contribution in [0.15, 0.2) is 102 Å². The lowest BCUT2D eigenvalue weighted by Crippen LogP contribution is -2.28. The van der Waals surface area contributed by atoms with E-state index in [9.17, 15) is 4.79 Å². The van der Waals surface area contributed by atoms with E-state index >= 15 is 0 Å². The first kappa shape index (κ1) is 19.3. The van der Waals surface area contributed by atoms with Gasteiger partial charge in [-0.05, 0) is 17.2 Å². The summed E-state index contributed by atoms with van der Waals surface area (Å²) in [5.41, 5.74) is 2.88. The van der Waals surface area contributed by atoms with Crippen molar-refractivity contribution in [2.45, 2.75) is 12.5 Å². The van der Waals surface area contributed by atoms with E-state index in [1.54, 1.807) is 6.08 Å². The Labute approximate surface area is 175 Å². The largest absolute Gasteiger partial charge is 0.340 e. The van der Waals surface area contributed by atoms with Crippen molar-refractivity contribution in [1.29, 1.82) is 0 Å². The molecule has 1 N–H and O–H groups in total. The normalized spacial score (nSPS) is 12.0. The van der Waals surface area contributed by atoms with Crippen LogP contribution >= 0.6 is 0 Å². The average Bonchev–Trinajstić information content (AvgIpc) is 3.30. The zero-order chi connectivity index (χ0) is 20.6. The van der Waals surface area contributed by atoms with Gasteiger partial charge in [0.1, 0.15) is 6.04 Å². The smallest absolute Gasteiger partial charge is 0.249 e. The zero-order valence-electron chi connectivity index (χ0n) is 16.3. The Kier molecular flexibility index (Phi) is 6.11. The summed E-state index contributed by atoms with van der Waals surface area (Å²) in [5.74, 6) is 0.649. The molecule has 1 atom stereocenters. The molecule has 0 aliphatic heterocycles. The van der Waals surface area contributed by atoms with E-state index in [4.69, 9.17) is 4.52 Å². The third kappa shape index (κ3) is 5.08. The monoisotopic (exact) mass is 395 g/mol. The van der Waals surface area contributed by atoms with Crippen molar-refractivity contribution in [2.24, 2.45) is 0 Å². The lowest BCUT2D eigenvalue weighted by Gasteiger charge is -2.14. The first-order valence-electron chi connectivity index (χ1n) is 9.74. The summed E-state index contributed by atoms with van der Waals surface area (Å²) in [7, 11) is 0. The molecule has 0 fully saturated rings. The van der Waals surface area contributed by atoms with Crippen LogP contribution in [-0.4, -0.2) is 16.0 Å². The molecule has 0 bridgehead atoms. The maximum Gasteiger partial charge on any atom is 0.249 e. The molecule has 0 spiro atoms. The first-order valence-corrected chi connectivity index (χ1v) is 9.74. The van der Waals surface area contributed by atoms with E-state index in [2.05, 4.69) is 15.5 Å². The van der Waals surface area contributed by atoms with Crippen LogP contribution in [0.4, 0.5) is 0 Å². The number of carbonyl (C=O) groups is 1. The summed E-state index contributed by atoms with van der Waals surface area (Å²) in [6.07, 6.45) is 3.84. The van der Waals surface area contributed by atoms with Crippen molar-refractivity contribution in [3.63, 3.8) is 0 Å². The molecule has 1 aromatic heterocycles. The highest BCUT2D eigenvalue weighted by molar-refractivity contribution is 5.91. The second-order valence-electron chi connectivity index (χ2n) is 6.82. The van der Waals surface area contributed by atoms with E-state index in [1.165, 1.54) is 6.08 Å². The molecule has 0 saturated heterocycles. The van der Waals surface area contributed by atoms with Crippen LogP contribution in [0, 0.1) is 0 Å². The van der Waals surface area contributed by atoms with E-state index in [0.717, 1.165) is 16.7 Å². The summed E-state index contributed by atoms with van der Waals surface area (Å²) in [6, 6.07) is 28.7. The molecule has 1 heterocycles. The van der Waals surface area contributed by atoms with Gasteiger partial charge in [0.05, 0.1) is 0 Å². The highest BCUT2D eigenvalue weighted by Crippen LogP contribution is 2.21. The number of hydrogen-bond acceptors (Lipinski definition) is 4. The number of rotatable bonds is 7. The summed E-state index contributed by atoms with van der Waals surface area (Å²) in [6.45, 7) is 0. The van der Waals surface area contributed by atoms with Gasteiger partial charge in [-0.3, -0.25) is 4.79 Å². The Hall–Kier alpha value is -3.99. The zero-order valence-corrected chi connectivity index (χ0v) is 16.3. The molecule has 30 heavy (non-hydrogen) atoms. The standard InChI is InChI=1S/C25H21N3O2/c29-23(17-16-19-10-4-1-5-11-19)26-22(18-20-12-6-2-7-13-20)25-27-24(28-30-25)21-14-8-3-9-15-21/h1-17,22H,18H2,(H,26,29). The lowest BCUT2D eigenvalue weighted by atomic mass is 10.1. The number of aromatic nitrogens is 2. The van der Waals surface area contributed by atoms with Crippen LogP contribution in [0.5, 0.6) is 0 Å². The van der Waals surface area contributed by atoms with Gasteiger partial charge in [0.2, 0.25) is 17.6 Å². The summed E-state index contributed by atoms with van der Waals surface area (Å²) < 4.78 is 5.52. The van der Waals surface area contributed by atoms with Crippen LogP contribution in [0.2, 0.25) is 0 Å². The molecule has 5 heteroatoms. The molecule has 3 aromatic carbocycles. The van der Waals surface area contributed by atoms with Crippen LogP contribution in [-0.2, 0) is 11.2 Å². The third-order valence-electron chi connectivity index (χ3n) is 4.60. The number of benzene rings is 3. The lowest BCUT2D eigenvalue weighted by molar-refractivity contribution is -0.117. The SMILES string of the molecule is O=C(C=Cc1ccccc1)NC(Cc1ccccc1)c1nc(-c2ccccc2)no1. The molecular weight excluding hydrogens is 374 g/mol. The van der Waals surface area contributed by atoms with Crippen LogP contribution in [0.25, 0.3) is 17.5 Å². The highest BCUT2D eigenvalue weighted by atomic mass is 16.5. The molecule has 0 aliphatic carbocycles. The highest BCUT2D eigenvalue weighted by Gasteiger charge is 2.21. The second-order valence-corrected chi connectivity index (χ2v) is 6.82. The fourth-order valence-corrected chi connectivity index (χ4v) is 3.09. The number of nitrogens with zero attached hydrogens (tertiary/aromatic N) is 2. The Morgan fingerprint density at radius 1 is 0.900 bits per heavy atom. The number of carbonyl (C=O) groups excluding carboxylic acids is 1. The van der Waals surface area contributed by atoms with Gasteiger partial charge >= 0.3 is 0 Å². The van der Waals surface area contributed by atoms with Gasteiger partial charge in [-0.15, -0.1) is 0 Å². The fraction of sp³-hybridized carbons (Fsp3) is 0.0800. The number of nitrogens with one attached hydrogen (secondary N) is 1. The van der Waals surface area contributed by atoms with Gasteiger partial charge in [0.15, 0.2) is 0 Å². The van der Waals surface area contributed by atoms with E-state index in [-0.39, 0.29) is 5.91 Å². The van der Waals surface area contributed by atoms with E-state index in [1.807, 2.05) is 91.0 Å². The van der Waals surface area contributed by atoms with Gasteiger partial charge in [-0.1, -0.05) is 96.2 Å². The maximum atomic E-state index is 12.6. The average molecular weight is 395 g/mol. The van der Waals surface area contributed by atoms with Crippen molar-refractivity contribution in [3.05, 3.63) is 114 Å². The van der Waals surface area contributed by atoms with E-state index in [0.29, 0.717) is 18.1 Å². The first-order chi connectivity index (χ1) is 14.8. The Morgan fingerprint density at radius 2 is 1.53 bits per heavy atom. The summed E-state index contributed by atoms with van der Waals surface area (Å²) in [4.78, 5) is 17.1. The summed E-state index contributed by atoms with van der Waals surface area (Å²) in [5, 5.41) is 7.09. The minimum Gasteiger partial charge on any atom is -0.340 e. The van der Waals surface area contributed by atoms with Gasteiger partial charge in [-0.2, -0.15) is 4.98 Å². The topological polar surface area (TPSA) is 68.0 Å². The minimum absolute atomic E-state index is 0.223. The Morgan fingerprint density at radius 3 is 2.23 bits per heavy atom. The number of amides is 1. The van der Waals surface area contributed by atoms with Crippen molar-refractivity contribution in [2.75, 3.05) is 0 Å².